The van der Waals surface area contributed by atoms with E-state index in [1.165, 1.54) is 4.90 Å². The zero-order valence-electron chi connectivity index (χ0n) is 16.5. The Hall–Kier alpha value is -2.99. The van der Waals surface area contributed by atoms with Crippen LogP contribution in [0.1, 0.15) is 31.4 Å². The molecule has 13 heteroatoms. The Morgan fingerprint density at radius 1 is 1.28 bits per heavy atom. The summed E-state index contributed by atoms with van der Waals surface area (Å²) in [4.78, 5) is 28.1. The van der Waals surface area contributed by atoms with Crippen molar-refractivity contribution in [2.45, 2.75) is 43.8 Å². The molecule has 1 aliphatic heterocycles. The second-order valence-electron chi connectivity index (χ2n) is 8.66. The Labute approximate surface area is 177 Å². The van der Waals surface area contributed by atoms with E-state index in [0.29, 0.717) is 6.07 Å². The molecule has 0 aromatic carbocycles. The molecule has 1 spiro atoms. The van der Waals surface area contributed by atoms with Gasteiger partial charge in [0.1, 0.15) is 17.3 Å². The number of nitrogens with one attached hydrogen (secondary N) is 2. The number of hydrogen-bond acceptors (Lipinski definition) is 6. The summed E-state index contributed by atoms with van der Waals surface area (Å²) in [5, 5.41) is 10.2. The monoisotopic (exact) mass is 459 g/mol. The Bertz CT molecular complexity index is 1130. The van der Waals surface area contributed by atoms with Gasteiger partial charge in [-0.1, -0.05) is 5.10 Å². The molecule has 1 unspecified atom stereocenters. The largest absolute Gasteiger partial charge is 0.431 e. The molecule has 1 amide bonds. The van der Waals surface area contributed by atoms with Gasteiger partial charge in [-0.25, -0.2) is 8.78 Å². The molecule has 0 bridgehead atoms. The van der Waals surface area contributed by atoms with E-state index in [1.807, 2.05) is 0 Å². The van der Waals surface area contributed by atoms with Gasteiger partial charge in [0, 0.05) is 19.5 Å². The molecule has 2 aromatic heterocycles. The molecule has 8 nitrogen and oxygen atoms in total. The van der Waals surface area contributed by atoms with Crippen LogP contribution >= 0.6 is 0 Å². The summed E-state index contributed by atoms with van der Waals surface area (Å²) in [6.45, 7) is 0.245. The van der Waals surface area contributed by atoms with Gasteiger partial charge >= 0.3 is 12.2 Å². The minimum atomic E-state index is -4.71. The number of pyridine rings is 1. The number of amides is 1. The fraction of sp³-hybridized carbons (Fsp3) is 0.579. The highest BCUT2D eigenvalue weighted by atomic mass is 19.4. The minimum Gasteiger partial charge on any atom is -0.403 e. The number of nitrogens with zero attached hydrogens (tertiary/aromatic N) is 3. The SMILES string of the molecule is O=C([C@H](Nc1nnc(-c2ccc(C(F)(F)F)[nH]c2=O)o1)C1CC1)N1CCC2(C1)CC2(F)F. The third-order valence-corrected chi connectivity index (χ3v) is 6.39. The number of hydrogen-bond donors (Lipinski definition) is 2. The third-order valence-electron chi connectivity index (χ3n) is 6.39. The lowest BCUT2D eigenvalue weighted by atomic mass is 10.1. The molecule has 2 saturated carbocycles. The molecule has 3 aliphatic rings. The van der Waals surface area contributed by atoms with E-state index >= 15 is 0 Å². The van der Waals surface area contributed by atoms with Crippen LogP contribution in [0.2, 0.25) is 0 Å². The molecule has 2 aromatic rings. The topological polar surface area (TPSA) is 104 Å². The number of likely N-dealkylation sites (tertiary alicyclic amines) is 1. The summed E-state index contributed by atoms with van der Waals surface area (Å²) in [6, 6.07) is 0.663. The van der Waals surface area contributed by atoms with E-state index in [9.17, 15) is 31.5 Å². The van der Waals surface area contributed by atoms with E-state index in [-0.39, 0.29) is 55.2 Å². The molecule has 32 heavy (non-hydrogen) atoms. The first-order chi connectivity index (χ1) is 15.0. The molecular formula is C19H18F5N5O3. The summed E-state index contributed by atoms with van der Waals surface area (Å²) in [7, 11) is 0. The van der Waals surface area contributed by atoms with Crippen LogP contribution in [0.15, 0.2) is 21.3 Å². The van der Waals surface area contributed by atoms with Crippen molar-refractivity contribution >= 4 is 11.9 Å². The van der Waals surface area contributed by atoms with Gasteiger partial charge in [-0.3, -0.25) is 9.59 Å². The lowest BCUT2D eigenvalue weighted by molar-refractivity contribution is -0.141. The van der Waals surface area contributed by atoms with Crippen LogP contribution in [0.4, 0.5) is 28.0 Å². The molecule has 0 radical (unpaired) electrons. The number of aromatic amines is 1. The first kappa shape index (κ1) is 20.9. The van der Waals surface area contributed by atoms with Crippen molar-refractivity contribution < 1.29 is 31.2 Å². The summed E-state index contributed by atoms with van der Waals surface area (Å²) in [5.74, 6) is -3.41. The molecule has 172 valence electrons. The van der Waals surface area contributed by atoms with Gasteiger partial charge in [0.2, 0.25) is 5.91 Å². The van der Waals surface area contributed by atoms with Gasteiger partial charge in [-0.05, 0) is 37.3 Å². The first-order valence-electron chi connectivity index (χ1n) is 10.1. The Morgan fingerprint density at radius 3 is 2.56 bits per heavy atom. The fourth-order valence-electron chi connectivity index (χ4n) is 4.22. The van der Waals surface area contributed by atoms with Gasteiger partial charge in [0.25, 0.3) is 17.4 Å². The smallest absolute Gasteiger partial charge is 0.403 e. The van der Waals surface area contributed by atoms with Crippen molar-refractivity contribution in [1.82, 2.24) is 20.1 Å². The molecule has 1 saturated heterocycles. The molecule has 3 fully saturated rings. The summed E-state index contributed by atoms with van der Waals surface area (Å²) in [5.41, 5.74) is -3.64. The van der Waals surface area contributed by atoms with Crippen LogP contribution in [0.25, 0.3) is 11.5 Å². The summed E-state index contributed by atoms with van der Waals surface area (Å²) < 4.78 is 70.8. The van der Waals surface area contributed by atoms with E-state index in [0.717, 1.165) is 18.9 Å². The highest BCUT2D eigenvalue weighted by Crippen LogP contribution is 2.65. The van der Waals surface area contributed by atoms with Crippen LogP contribution in [0.5, 0.6) is 0 Å². The summed E-state index contributed by atoms with van der Waals surface area (Å²) in [6.07, 6.45) is -3.14. The normalized spacial score (nSPS) is 25.2. The number of carbonyl (C=O) groups is 1. The standard InChI is InChI=1S/C19H18F5N5O3/c20-18(21)7-17(18)5-6-29(8-17)15(31)12(9-1-2-9)26-16-28-27-14(32-16)10-3-4-11(19(22,23)24)25-13(10)30/h3-4,9,12H,1-2,5-8H2,(H,25,30)(H,26,28)/t12-,17?/m1/s1. The van der Waals surface area contributed by atoms with Crippen LogP contribution in [0.3, 0.4) is 0 Å². The molecule has 2 N–H and O–H groups in total. The van der Waals surface area contributed by atoms with Crippen molar-refractivity contribution in [3.8, 4) is 11.5 Å². The Morgan fingerprint density at radius 2 is 2.00 bits per heavy atom. The molecular weight excluding hydrogens is 441 g/mol. The average molecular weight is 459 g/mol. The Balaban J connectivity index is 1.31. The van der Waals surface area contributed by atoms with Crippen LogP contribution in [-0.2, 0) is 11.0 Å². The lowest BCUT2D eigenvalue weighted by Gasteiger charge is -2.23. The fourth-order valence-corrected chi connectivity index (χ4v) is 4.22. The zero-order valence-corrected chi connectivity index (χ0v) is 16.5. The number of anilines is 1. The molecule has 2 aliphatic carbocycles. The third kappa shape index (κ3) is 3.52. The minimum absolute atomic E-state index is 0.000251. The molecule has 5 rings (SSSR count). The number of H-pyrrole nitrogens is 1. The van der Waals surface area contributed by atoms with Gasteiger partial charge in [-0.2, -0.15) is 13.2 Å². The predicted molar refractivity (Wildman–Crippen MR) is 98.7 cm³/mol. The van der Waals surface area contributed by atoms with Crippen molar-refractivity contribution in [3.63, 3.8) is 0 Å². The van der Waals surface area contributed by atoms with E-state index in [2.05, 4.69) is 15.5 Å². The maximum atomic E-state index is 13.7. The number of aromatic nitrogens is 3. The van der Waals surface area contributed by atoms with Crippen LogP contribution < -0.4 is 10.9 Å². The highest BCUT2D eigenvalue weighted by molar-refractivity contribution is 5.85. The van der Waals surface area contributed by atoms with Crippen molar-refractivity contribution in [2.24, 2.45) is 11.3 Å². The average Bonchev–Trinajstić information content (AvgIpc) is 3.49. The van der Waals surface area contributed by atoms with Gasteiger partial charge in [0.05, 0.1) is 5.41 Å². The van der Waals surface area contributed by atoms with Crippen molar-refractivity contribution in [1.29, 1.82) is 0 Å². The van der Waals surface area contributed by atoms with Gasteiger partial charge in [-0.15, -0.1) is 5.10 Å². The molecule has 3 heterocycles. The zero-order chi connectivity index (χ0) is 22.9. The number of carbonyl (C=O) groups excluding carboxylic acids is 1. The first-order valence-corrected chi connectivity index (χ1v) is 10.1. The number of halogens is 5. The number of rotatable bonds is 5. The maximum absolute atomic E-state index is 13.7. The predicted octanol–water partition coefficient (Wildman–Crippen LogP) is 2.89. The lowest BCUT2D eigenvalue weighted by Crippen LogP contribution is -2.43. The van der Waals surface area contributed by atoms with Crippen molar-refractivity contribution in [2.75, 3.05) is 18.4 Å². The van der Waals surface area contributed by atoms with Crippen LogP contribution in [0, 0.1) is 11.3 Å². The van der Waals surface area contributed by atoms with Gasteiger partial charge in [0.15, 0.2) is 0 Å². The second-order valence-corrected chi connectivity index (χ2v) is 8.66. The van der Waals surface area contributed by atoms with E-state index < -0.39 is 34.8 Å². The van der Waals surface area contributed by atoms with Crippen LogP contribution in [-0.4, -0.2) is 51.0 Å². The number of alkyl halides is 5. The maximum Gasteiger partial charge on any atom is 0.431 e. The van der Waals surface area contributed by atoms with E-state index in [4.69, 9.17) is 4.42 Å². The Kier molecular flexibility index (Phi) is 4.41. The van der Waals surface area contributed by atoms with E-state index in [1.54, 1.807) is 4.98 Å². The summed E-state index contributed by atoms with van der Waals surface area (Å²) >= 11 is 0. The van der Waals surface area contributed by atoms with Gasteiger partial charge < -0.3 is 19.6 Å². The highest BCUT2D eigenvalue weighted by Gasteiger charge is 2.73. The second kappa shape index (κ2) is 6.75. The molecule has 2 atom stereocenters. The van der Waals surface area contributed by atoms with Crippen molar-refractivity contribution in [3.05, 3.63) is 28.2 Å². The quantitative estimate of drug-likeness (QED) is 0.667.